The highest BCUT2D eigenvalue weighted by atomic mass is 19.1. The molecular weight excluding hydrogens is 319 g/mol. The van der Waals surface area contributed by atoms with Gasteiger partial charge in [-0.15, -0.1) is 0 Å². The molecule has 132 valence electrons. The lowest BCUT2D eigenvalue weighted by Crippen LogP contribution is -2.44. The van der Waals surface area contributed by atoms with Crippen LogP contribution in [-0.4, -0.2) is 35.2 Å². The summed E-state index contributed by atoms with van der Waals surface area (Å²) in [5, 5.41) is 0. The van der Waals surface area contributed by atoms with Gasteiger partial charge < -0.3 is 9.80 Å². The zero-order valence-corrected chi connectivity index (χ0v) is 14.8. The monoisotopic (exact) mass is 342 g/mol. The highest BCUT2D eigenvalue weighted by Crippen LogP contribution is 2.21. The third kappa shape index (κ3) is 4.66. The molecule has 1 unspecified atom stereocenters. The van der Waals surface area contributed by atoms with Crippen LogP contribution in [0.3, 0.4) is 0 Å². The molecule has 0 spiro atoms. The van der Waals surface area contributed by atoms with Gasteiger partial charge in [0.25, 0.3) is 0 Å². The number of halogens is 1. The minimum Gasteiger partial charge on any atom is -0.333 e. The van der Waals surface area contributed by atoms with Gasteiger partial charge in [-0.1, -0.05) is 42.5 Å². The Morgan fingerprint density at radius 3 is 2.16 bits per heavy atom. The van der Waals surface area contributed by atoms with E-state index in [-0.39, 0.29) is 11.9 Å². The number of likely N-dealkylation sites (N-methyl/N-ethyl adjacent to an activating group) is 2. The molecule has 0 bridgehead atoms. The second-order valence-corrected chi connectivity index (χ2v) is 5.97. The molecule has 0 saturated heterocycles. The van der Waals surface area contributed by atoms with Crippen molar-refractivity contribution < 1.29 is 14.0 Å². The number of hydrogen-bond donors (Lipinski definition) is 0. The second kappa shape index (κ2) is 8.42. The second-order valence-electron chi connectivity index (χ2n) is 5.97. The Bertz CT molecular complexity index is 716. The number of carbonyl (C=O) groups is 2. The van der Waals surface area contributed by atoms with Gasteiger partial charge in [0.05, 0.1) is 6.04 Å². The molecule has 1 atom stereocenters. The molecule has 25 heavy (non-hydrogen) atoms. The van der Waals surface area contributed by atoms with Crippen LogP contribution in [0.25, 0.3) is 0 Å². The van der Waals surface area contributed by atoms with Gasteiger partial charge in [-0.05, 0) is 37.1 Å². The van der Waals surface area contributed by atoms with E-state index in [0.717, 1.165) is 11.1 Å². The maximum Gasteiger partial charge on any atom is 0.312 e. The Morgan fingerprint density at radius 2 is 1.60 bits per heavy atom. The van der Waals surface area contributed by atoms with E-state index in [1.165, 1.54) is 21.9 Å². The molecule has 0 radical (unpaired) electrons. The number of amides is 2. The number of carbonyl (C=O) groups excluding carboxylic acids is 2. The molecule has 5 heteroatoms. The zero-order valence-electron chi connectivity index (χ0n) is 14.8. The lowest BCUT2D eigenvalue weighted by molar-refractivity contribution is -0.152. The quantitative estimate of drug-likeness (QED) is 0.782. The lowest BCUT2D eigenvalue weighted by atomic mass is 10.1. The molecule has 0 aliphatic rings. The minimum atomic E-state index is -0.558. The first-order valence-corrected chi connectivity index (χ1v) is 8.29. The van der Waals surface area contributed by atoms with Crippen molar-refractivity contribution >= 4 is 11.8 Å². The van der Waals surface area contributed by atoms with Gasteiger partial charge in [-0.25, -0.2) is 4.39 Å². The highest BCUT2D eigenvalue weighted by Gasteiger charge is 2.28. The number of nitrogens with zero attached hydrogens (tertiary/aromatic N) is 2. The van der Waals surface area contributed by atoms with Gasteiger partial charge in [-0.3, -0.25) is 9.59 Å². The van der Waals surface area contributed by atoms with Crippen LogP contribution in [0.15, 0.2) is 54.6 Å². The summed E-state index contributed by atoms with van der Waals surface area (Å²) in [6.07, 6.45) is 0. The fraction of sp³-hybridized carbons (Fsp3) is 0.300. The van der Waals surface area contributed by atoms with Crippen molar-refractivity contribution in [3.8, 4) is 0 Å². The van der Waals surface area contributed by atoms with Gasteiger partial charge in [-0.2, -0.15) is 0 Å². The van der Waals surface area contributed by atoms with E-state index in [9.17, 15) is 14.0 Å². The molecule has 0 heterocycles. The summed E-state index contributed by atoms with van der Waals surface area (Å²) >= 11 is 0. The number of benzene rings is 2. The summed E-state index contributed by atoms with van der Waals surface area (Å²) < 4.78 is 13.1. The van der Waals surface area contributed by atoms with Crippen molar-refractivity contribution in [2.24, 2.45) is 0 Å². The maximum atomic E-state index is 13.1. The van der Waals surface area contributed by atoms with Crippen LogP contribution in [0.5, 0.6) is 0 Å². The topological polar surface area (TPSA) is 40.6 Å². The predicted octanol–water partition coefficient (Wildman–Crippen LogP) is 3.39. The molecule has 0 saturated carbocycles. The van der Waals surface area contributed by atoms with Crippen molar-refractivity contribution in [3.63, 3.8) is 0 Å². The summed E-state index contributed by atoms with van der Waals surface area (Å²) in [4.78, 5) is 28.1. The number of hydrogen-bond acceptors (Lipinski definition) is 2. The molecule has 0 aliphatic carbocycles. The van der Waals surface area contributed by atoms with Crippen LogP contribution in [0.1, 0.15) is 31.0 Å². The summed E-state index contributed by atoms with van der Waals surface area (Å²) in [6.45, 7) is 4.41. The zero-order chi connectivity index (χ0) is 18.4. The SMILES string of the molecule is CCN(C(=O)C(=O)N(C)Cc1ccccc1)C(C)c1ccc(F)cc1. The molecule has 4 nitrogen and oxygen atoms in total. The number of rotatable bonds is 5. The van der Waals surface area contributed by atoms with Gasteiger partial charge in [0.2, 0.25) is 0 Å². The third-order valence-corrected chi connectivity index (χ3v) is 4.21. The Labute approximate surface area is 147 Å². The van der Waals surface area contributed by atoms with Gasteiger partial charge in [0.15, 0.2) is 0 Å². The summed E-state index contributed by atoms with van der Waals surface area (Å²) in [5.74, 6) is -1.44. The van der Waals surface area contributed by atoms with E-state index >= 15 is 0 Å². The van der Waals surface area contributed by atoms with Crippen molar-refractivity contribution in [2.75, 3.05) is 13.6 Å². The molecule has 2 aromatic rings. The van der Waals surface area contributed by atoms with E-state index in [1.807, 2.05) is 44.2 Å². The normalized spacial score (nSPS) is 11.7. The molecule has 0 aliphatic heterocycles. The predicted molar refractivity (Wildman–Crippen MR) is 95.1 cm³/mol. The smallest absolute Gasteiger partial charge is 0.312 e. The highest BCUT2D eigenvalue weighted by molar-refractivity contribution is 6.34. The van der Waals surface area contributed by atoms with Crippen LogP contribution in [-0.2, 0) is 16.1 Å². The van der Waals surface area contributed by atoms with Crippen LogP contribution >= 0.6 is 0 Å². The van der Waals surface area contributed by atoms with Crippen LogP contribution in [0.2, 0.25) is 0 Å². The fourth-order valence-corrected chi connectivity index (χ4v) is 2.73. The Morgan fingerprint density at radius 1 is 1.00 bits per heavy atom. The van der Waals surface area contributed by atoms with E-state index < -0.39 is 11.8 Å². The molecule has 0 fully saturated rings. The van der Waals surface area contributed by atoms with Gasteiger partial charge in [0.1, 0.15) is 5.82 Å². The lowest BCUT2D eigenvalue weighted by Gasteiger charge is -2.29. The maximum absolute atomic E-state index is 13.1. The van der Waals surface area contributed by atoms with Crippen molar-refractivity contribution in [3.05, 3.63) is 71.5 Å². The van der Waals surface area contributed by atoms with Crippen molar-refractivity contribution in [1.29, 1.82) is 0 Å². The summed E-state index contributed by atoms with van der Waals surface area (Å²) in [7, 11) is 1.61. The van der Waals surface area contributed by atoms with E-state index in [4.69, 9.17) is 0 Å². The molecule has 0 N–H and O–H groups in total. The molecule has 2 rings (SSSR count). The average molecular weight is 342 g/mol. The third-order valence-electron chi connectivity index (χ3n) is 4.21. The first kappa shape index (κ1) is 18.6. The van der Waals surface area contributed by atoms with E-state index in [1.54, 1.807) is 19.2 Å². The van der Waals surface area contributed by atoms with E-state index in [2.05, 4.69) is 0 Å². The standard InChI is InChI=1S/C20H23FN2O2/c1-4-23(15(2)17-10-12-18(21)13-11-17)20(25)19(24)22(3)14-16-8-6-5-7-9-16/h5-13,15H,4,14H2,1-3H3. The van der Waals surface area contributed by atoms with Gasteiger partial charge in [0, 0.05) is 20.1 Å². The Balaban J connectivity index is 2.09. The summed E-state index contributed by atoms with van der Waals surface area (Å²) in [6, 6.07) is 15.2. The van der Waals surface area contributed by atoms with E-state index in [0.29, 0.717) is 13.1 Å². The molecular formula is C20H23FN2O2. The minimum absolute atomic E-state index is 0.313. The molecule has 0 aromatic heterocycles. The Kier molecular flexibility index (Phi) is 6.28. The first-order valence-electron chi connectivity index (χ1n) is 8.29. The van der Waals surface area contributed by atoms with Crippen LogP contribution < -0.4 is 0 Å². The van der Waals surface area contributed by atoms with Crippen LogP contribution in [0, 0.1) is 5.82 Å². The van der Waals surface area contributed by atoms with Crippen LogP contribution in [0.4, 0.5) is 4.39 Å². The Hall–Kier alpha value is -2.69. The average Bonchev–Trinajstić information content (AvgIpc) is 2.62. The molecule has 2 aromatic carbocycles. The molecule has 2 amide bonds. The van der Waals surface area contributed by atoms with Crippen molar-refractivity contribution in [2.45, 2.75) is 26.4 Å². The summed E-state index contributed by atoms with van der Waals surface area (Å²) in [5.41, 5.74) is 1.75. The first-order chi connectivity index (χ1) is 11.9. The fourth-order valence-electron chi connectivity index (χ4n) is 2.73. The van der Waals surface area contributed by atoms with Crippen molar-refractivity contribution in [1.82, 2.24) is 9.80 Å². The van der Waals surface area contributed by atoms with Gasteiger partial charge >= 0.3 is 11.8 Å². The largest absolute Gasteiger partial charge is 0.333 e.